The van der Waals surface area contributed by atoms with Gasteiger partial charge in [0.15, 0.2) is 6.29 Å². The van der Waals surface area contributed by atoms with Crippen molar-refractivity contribution in [1.82, 2.24) is 0 Å². The van der Waals surface area contributed by atoms with E-state index in [2.05, 4.69) is 6.58 Å². The molecule has 2 atom stereocenters. The van der Waals surface area contributed by atoms with E-state index in [0.717, 1.165) is 25.9 Å². The number of rotatable bonds is 8. The second-order valence-corrected chi connectivity index (χ2v) is 3.80. The second kappa shape index (κ2) is 8.70. The van der Waals surface area contributed by atoms with E-state index in [1.165, 1.54) is 6.42 Å². The van der Waals surface area contributed by atoms with Crippen molar-refractivity contribution in [2.24, 2.45) is 0 Å². The largest absolute Gasteiger partial charge is 0.359 e. The Labute approximate surface area is 97.5 Å². The van der Waals surface area contributed by atoms with E-state index in [-0.39, 0.29) is 19.2 Å². The molecule has 1 unspecified atom stereocenters. The van der Waals surface area contributed by atoms with Gasteiger partial charge in [-0.3, -0.25) is 0 Å². The summed E-state index contributed by atoms with van der Waals surface area (Å²) in [6.45, 7) is 5.45. The summed E-state index contributed by atoms with van der Waals surface area (Å²) in [6.07, 6.45) is 5.85. The third-order valence-electron chi connectivity index (χ3n) is 2.51. The standard InChI is InChI=1S/C12H22O4/c1-3-11(16-10-13-2)7-9-15-12-6-4-5-8-14-12/h3,11-12H,1,4-10H2,2H3/t11-,12?/m0/s1. The van der Waals surface area contributed by atoms with Crippen LogP contribution in [0.15, 0.2) is 12.7 Å². The van der Waals surface area contributed by atoms with Crippen LogP contribution in [-0.2, 0) is 18.9 Å². The Balaban J connectivity index is 2.05. The zero-order chi connectivity index (χ0) is 11.6. The topological polar surface area (TPSA) is 36.9 Å². The molecule has 0 aromatic carbocycles. The third-order valence-corrected chi connectivity index (χ3v) is 2.51. The molecule has 1 heterocycles. The smallest absolute Gasteiger partial charge is 0.157 e. The van der Waals surface area contributed by atoms with Gasteiger partial charge in [-0.05, 0) is 19.3 Å². The number of hydrogen-bond acceptors (Lipinski definition) is 4. The minimum Gasteiger partial charge on any atom is -0.359 e. The molecule has 1 aliphatic rings. The van der Waals surface area contributed by atoms with Gasteiger partial charge in [0.25, 0.3) is 0 Å². The summed E-state index contributed by atoms with van der Waals surface area (Å²) < 4.78 is 21.3. The SMILES string of the molecule is C=C[C@@H](CCOC1CCCCO1)OCOC. The van der Waals surface area contributed by atoms with Crippen LogP contribution < -0.4 is 0 Å². The Bertz CT molecular complexity index is 178. The minimum absolute atomic E-state index is 0.0106. The maximum Gasteiger partial charge on any atom is 0.157 e. The van der Waals surface area contributed by atoms with Crippen molar-refractivity contribution < 1.29 is 18.9 Å². The lowest BCUT2D eigenvalue weighted by atomic mass is 10.2. The van der Waals surface area contributed by atoms with Gasteiger partial charge in [-0.1, -0.05) is 6.08 Å². The van der Waals surface area contributed by atoms with Gasteiger partial charge >= 0.3 is 0 Å². The summed E-state index contributed by atoms with van der Waals surface area (Å²) in [7, 11) is 1.60. The van der Waals surface area contributed by atoms with Crippen molar-refractivity contribution in [3.8, 4) is 0 Å². The van der Waals surface area contributed by atoms with Crippen molar-refractivity contribution in [1.29, 1.82) is 0 Å². The van der Waals surface area contributed by atoms with Crippen LogP contribution in [0.4, 0.5) is 0 Å². The quantitative estimate of drug-likeness (QED) is 0.472. The molecule has 0 spiro atoms. The number of ether oxygens (including phenoxy) is 4. The second-order valence-electron chi connectivity index (χ2n) is 3.80. The molecule has 0 amide bonds. The highest BCUT2D eigenvalue weighted by Crippen LogP contribution is 2.14. The van der Waals surface area contributed by atoms with Crippen LogP contribution in [-0.4, -0.2) is 39.5 Å². The Kier molecular flexibility index (Phi) is 7.42. The van der Waals surface area contributed by atoms with Crippen LogP contribution in [0, 0.1) is 0 Å². The van der Waals surface area contributed by atoms with Crippen molar-refractivity contribution in [2.75, 3.05) is 27.1 Å². The summed E-state index contributed by atoms with van der Waals surface area (Å²) in [4.78, 5) is 0. The zero-order valence-corrected chi connectivity index (χ0v) is 10.0. The van der Waals surface area contributed by atoms with Gasteiger partial charge < -0.3 is 18.9 Å². The van der Waals surface area contributed by atoms with Gasteiger partial charge in [-0.15, -0.1) is 6.58 Å². The first-order chi connectivity index (χ1) is 7.86. The highest BCUT2D eigenvalue weighted by atomic mass is 16.7. The van der Waals surface area contributed by atoms with Gasteiger partial charge in [0.1, 0.15) is 6.79 Å². The molecule has 94 valence electrons. The average molecular weight is 230 g/mol. The van der Waals surface area contributed by atoms with E-state index in [0.29, 0.717) is 6.61 Å². The first kappa shape index (κ1) is 13.6. The molecule has 1 saturated heterocycles. The molecule has 0 N–H and O–H groups in total. The van der Waals surface area contributed by atoms with E-state index >= 15 is 0 Å². The predicted octanol–water partition coefficient (Wildman–Crippen LogP) is 2.09. The van der Waals surface area contributed by atoms with E-state index in [9.17, 15) is 0 Å². The molecule has 0 aromatic heterocycles. The maximum absolute atomic E-state index is 5.60. The van der Waals surface area contributed by atoms with Gasteiger partial charge in [0.05, 0.1) is 12.7 Å². The first-order valence-electron chi connectivity index (χ1n) is 5.83. The van der Waals surface area contributed by atoms with Crippen molar-refractivity contribution in [3.63, 3.8) is 0 Å². The van der Waals surface area contributed by atoms with E-state index in [1.807, 2.05) is 0 Å². The summed E-state index contributed by atoms with van der Waals surface area (Å²) in [5, 5.41) is 0. The molecule has 0 aliphatic carbocycles. The molecular formula is C12H22O4. The Morgan fingerprint density at radius 2 is 2.38 bits per heavy atom. The molecule has 1 aliphatic heterocycles. The zero-order valence-electron chi connectivity index (χ0n) is 10.0. The monoisotopic (exact) mass is 230 g/mol. The lowest BCUT2D eigenvalue weighted by molar-refractivity contribution is -0.167. The first-order valence-corrected chi connectivity index (χ1v) is 5.83. The van der Waals surface area contributed by atoms with E-state index in [1.54, 1.807) is 13.2 Å². The molecule has 1 fully saturated rings. The summed E-state index contributed by atoms with van der Waals surface area (Å²) in [5.41, 5.74) is 0. The highest BCUT2D eigenvalue weighted by Gasteiger charge is 2.14. The van der Waals surface area contributed by atoms with Crippen molar-refractivity contribution in [2.45, 2.75) is 38.1 Å². The summed E-state index contributed by atoms with van der Waals surface area (Å²) in [5.74, 6) is 0. The summed E-state index contributed by atoms with van der Waals surface area (Å²) >= 11 is 0. The molecule has 0 saturated carbocycles. The highest BCUT2D eigenvalue weighted by molar-refractivity contribution is 4.79. The molecule has 0 bridgehead atoms. The van der Waals surface area contributed by atoms with Gasteiger partial charge in [0.2, 0.25) is 0 Å². The van der Waals surface area contributed by atoms with Crippen molar-refractivity contribution in [3.05, 3.63) is 12.7 Å². The minimum atomic E-state index is -0.0263. The normalized spacial score (nSPS) is 22.9. The molecular weight excluding hydrogens is 208 g/mol. The summed E-state index contributed by atoms with van der Waals surface area (Å²) in [6, 6.07) is 0. The Morgan fingerprint density at radius 1 is 1.50 bits per heavy atom. The molecule has 16 heavy (non-hydrogen) atoms. The number of methoxy groups -OCH3 is 1. The van der Waals surface area contributed by atoms with Crippen LogP contribution in [0.1, 0.15) is 25.7 Å². The van der Waals surface area contributed by atoms with Crippen LogP contribution >= 0.6 is 0 Å². The average Bonchev–Trinajstić information content (AvgIpc) is 2.35. The van der Waals surface area contributed by atoms with Crippen LogP contribution in [0.2, 0.25) is 0 Å². The fourth-order valence-electron chi connectivity index (χ4n) is 1.58. The lowest BCUT2D eigenvalue weighted by Gasteiger charge is -2.23. The van der Waals surface area contributed by atoms with Crippen LogP contribution in [0.5, 0.6) is 0 Å². The fourth-order valence-corrected chi connectivity index (χ4v) is 1.58. The fraction of sp³-hybridized carbons (Fsp3) is 0.833. The van der Waals surface area contributed by atoms with Crippen molar-refractivity contribution >= 4 is 0 Å². The maximum atomic E-state index is 5.60. The molecule has 0 aromatic rings. The van der Waals surface area contributed by atoms with Gasteiger partial charge in [0, 0.05) is 20.1 Å². The molecule has 1 rings (SSSR count). The predicted molar refractivity (Wildman–Crippen MR) is 61.1 cm³/mol. The van der Waals surface area contributed by atoms with Crippen LogP contribution in [0.3, 0.4) is 0 Å². The number of hydrogen-bond donors (Lipinski definition) is 0. The van der Waals surface area contributed by atoms with Crippen LogP contribution in [0.25, 0.3) is 0 Å². The van der Waals surface area contributed by atoms with E-state index in [4.69, 9.17) is 18.9 Å². The van der Waals surface area contributed by atoms with E-state index < -0.39 is 0 Å². The molecule has 0 radical (unpaired) electrons. The molecule has 4 nitrogen and oxygen atoms in total. The van der Waals surface area contributed by atoms with Gasteiger partial charge in [-0.25, -0.2) is 0 Å². The lowest BCUT2D eigenvalue weighted by Crippen LogP contribution is -2.24. The third kappa shape index (κ3) is 5.61. The molecule has 4 heteroatoms. The Morgan fingerprint density at radius 3 is 3.00 bits per heavy atom. The van der Waals surface area contributed by atoms with Gasteiger partial charge in [-0.2, -0.15) is 0 Å². The Hall–Kier alpha value is -0.420.